The van der Waals surface area contributed by atoms with Crippen LogP contribution in [0.4, 0.5) is 0 Å². The number of benzene rings is 2. The molecule has 4 heteroatoms. The maximum atomic E-state index is 10.2. The molecular formula is C19H25NO3. The van der Waals surface area contributed by atoms with Gasteiger partial charge in [0.15, 0.2) is 0 Å². The van der Waals surface area contributed by atoms with Crippen molar-refractivity contribution in [1.82, 2.24) is 0 Å². The van der Waals surface area contributed by atoms with Crippen LogP contribution in [0.25, 0.3) is 0 Å². The van der Waals surface area contributed by atoms with Crippen molar-refractivity contribution in [2.75, 3.05) is 0 Å². The average molecular weight is 315 g/mol. The lowest BCUT2D eigenvalue weighted by Crippen LogP contribution is -2.31. The minimum atomic E-state index is -0.693. The number of aromatic hydroxyl groups is 1. The molecule has 3 atom stereocenters. The molecule has 0 amide bonds. The van der Waals surface area contributed by atoms with Crippen LogP contribution in [0.2, 0.25) is 0 Å². The number of hydrogen-bond acceptors (Lipinski definition) is 4. The van der Waals surface area contributed by atoms with E-state index in [0.717, 1.165) is 12.0 Å². The Balaban J connectivity index is 2.05. The first-order valence-electron chi connectivity index (χ1n) is 7.96. The van der Waals surface area contributed by atoms with Gasteiger partial charge < -0.3 is 20.7 Å². The standard InChI is InChI=1S/C19H25NO3/c1-3-13(2)19(22)18(20)16-10-9-15(11-17(16)21)23-12-14-7-5-4-6-8-14/h4-11,13,18-19,21-22H,3,12,20H2,1-2H3/t13?,18-,19+/m0/s1. The number of hydrogen-bond donors (Lipinski definition) is 3. The van der Waals surface area contributed by atoms with Gasteiger partial charge in [0.05, 0.1) is 12.1 Å². The van der Waals surface area contributed by atoms with E-state index >= 15 is 0 Å². The van der Waals surface area contributed by atoms with Gasteiger partial charge in [-0.15, -0.1) is 0 Å². The van der Waals surface area contributed by atoms with Crippen LogP contribution in [0.1, 0.15) is 37.4 Å². The first-order valence-corrected chi connectivity index (χ1v) is 7.96. The molecule has 0 aliphatic heterocycles. The quantitative estimate of drug-likeness (QED) is 0.732. The largest absolute Gasteiger partial charge is 0.507 e. The highest BCUT2D eigenvalue weighted by molar-refractivity contribution is 5.42. The molecule has 0 saturated heterocycles. The van der Waals surface area contributed by atoms with E-state index in [1.165, 1.54) is 0 Å². The number of phenols is 1. The Morgan fingerprint density at radius 3 is 2.43 bits per heavy atom. The van der Waals surface area contributed by atoms with Crippen molar-refractivity contribution in [3.05, 3.63) is 59.7 Å². The highest BCUT2D eigenvalue weighted by Gasteiger charge is 2.24. The molecule has 0 aromatic heterocycles. The summed E-state index contributed by atoms with van der Waals surface area (Å²) in [5.41, 5.74) is 7.67. The summed E-state index contributed by atoms with van der Waals surface area (Å²) < 4.78 is 5.67. The Morgan fingerprint density at radius 1 is 1.13 bits per heavy atom. The molecule has 0 radical (unpaired) electrons. The highest BCUT2D eigenvalue weighted by atomic mass is 16.5. The third-order valence-corrected chi connectivity index (χ3v) is 4.20. The van der Waals surface area contributed by atoms with Crippen molar-refractivity contribution in [3.8, 4) is 11.5 Å². The molecule has 0 saturated carbocycles. The second-order valence-electron chi connectivity index (χ2n) is 5.90. The molecule has 1 unspecified atom stereocenters. The van der Waals surface area contributed by atoms with Gasteiger partial charge in [-0.3, -0.25) is 0 Å². The molecular weight excluding hydrogens is 290 g/mol. The molecule has 2 rings (SSSR count). The highest BCUT2D eigenvalue weighted by Crippen LogP contribution is 2.31. The third-order valence-electron chi connectivity index (χ3n) is 4.20. The van der Waals surface area contributed by atoms with Crippen molar-refractivity contribution in [2.24, 2.45) is 11.7 Å². The fourth-order valence-electron chi connectivity index (χ4n) is 2.42. The number of rotatable bonds is 7. The predicted octanol–water partition coefficient (Wildman–Crippen LogP) is 3.38. The summed E-state index contributed by atoms with van der Waals surface area (Å²) in [5.74, 6) is 0.684. The maximum absolute atomic E-state index is 10.2. The van der Waals surface area contributed by atoms with E-state index in [9.17, 15) is 10.2 Å². The fourth-order valence-corrected chi connectivity index (χ4v) is 2.42. The summed E-state index contributed by atoms with van der Waals surface area (Å²) in [7, 11) is 0. The van der Waals surface area contributed by atoms with E-state index < -0.39 is 12.1 Å². The zero-order valence-electron chi connectivity index (χ0n) is 13.6. The van der Waals surface area contributed by atoms with Gasteiger partial charge in [0, 0.05) is 11.6 Å². The van der Waals surface area contributed by atoms with Gasteiger partial charge in [-0.1, -0.05) is 50.6 Å². The molecule has 0 fully saturated rings. The second kappa shape index (κ2) is 7.99. The van der Waals surface area contributed by atoms with Crippen LogP contribution in [0.3, 0.4) is 0 Å². The van der Waals surface area contributed by atoms with E-state index in [2.05, 4.69) is 0 Å². The molecule has 0 bridgehead atoms. The Hall–Kier alpha value is -2.04. The molecule has 4 nitrogen and oxygen atoms in total. The summed E-state index contributed by atoms with van der Waals surface area (Å²) >= 11 is 0. The van der Waals surface area contributed by atoms with Crippen LogP contribution in [0.15, 0.2) is 48.5 Å². The lowest BCUT2D eigenvalue weighted by Gasteiger charge is -2.25. The molecule has 4 N–H and O–H groups in total. The zero-order chi connectivity index (χ0) is 16.8. The number of aliphatic hydroxyl groups is 1. The van der Waals surface area contributed by atoms with Crippen LogP contribution in [0, 0.1) is 5.92 Å². The summed E-state index contributed by atoms with van der Waals surface area (Å²) in [6, 6.07) is 14.2. The van der Waals surface area contributed by atoms with Crippen molar-refractivity contribution in [2.45, 2.75) is 39.0 Å². The van der Waals surface area contributed by atoms with Crippen LogP contribution in [-0.4, -0.2) is 16.3 Å². The molecule has 2 aromatic rings. The number of aliphatic hydroxyl groups excluding tert-OH is 1. The molecule has 0 aliphatic carbocycles. The maximum Gasteiger partial charge on any atom is 0.124 e. The van der Waals surface area contributed by atoms with Crippen molar-refractivity contribution in [1.29, 1.82) is 0 Å². The van der Waals surface area contributed by atoms with Crippen molar-refractivity contribution < 1.29 is 14.9 Å². The van der Waals surface area contributed by atoms with E-state index in [1.807, 2.05) is 44.2 Å². The Bertz CT molecular complexity index is 615. The lowest BCUT2D eigenvalue weighted by molar-refractivity contribution is 0.0870. The van der Waals surface area contributed by atoms with E-state index in [-0.39, 0.29) is 11.7 Å². The summed E-state index contributed by atoms with van der Waals surface area (Å²) in [6.07, 6.45) is 0.135. The van der Waals surface area contributed by atoms with Gasteiger partial charge in [0.25, 0.3) is 0 Å². The van der Waals surface area contributed by atoms with Gasteiger partial charge in [-0.2, -0.15) is 0 Å². The van der Waals surface area contributed by atoms with Crippen LogP contribution < -0.4 is 10.5 Å². The lowest BCUT2D eigenvalue weighted by atomic mass is 9.91. The Morgan fingerprint density at radius 2 is 1.83 bits per heavy atom. The topological polar surface area (TPSA) is 75.7 Å². The molecule has 0 spiro atoms. The first-order chi connectivity index (χ1) is 11.0. The van der Waals surface area contributed by atoms with E-state index in [0.29, 0.717) is 17.9 Å². The van der Waals surface area contributed by atoms with Crippen LogP contribution in [0.5, 0.6) is 11.5 Å². The van der Waals surface area contributed by atoms with Gasteiger partial charge in [-0.25, -0.2) is 0 Å². The third kappa shape index (κ3) is 4.47. The predicted molar refractivity (Wildman–Crippen MR) is 91.3 cm³/mol. The molecule has 23 heavy (non-hydrogen) atoms. The van der Waals surface area contributed by atoms with Crippen molar-refractivity contribution >= 4 is 0 Å². The number of ether oxygens (including phenoxy) is 1. The molecule has 124 valence electrons. The van der Waals surface area contributed by atoms with Crippen molar-refractivity contribution in [3.63, 3.8) is 0 Å². The average Bonchev–Trinajstić information content (AvgIpc) is 2.59. The zero-order valence-corrected chi connectivity index (χ0v) is 13.6. The minimum Gasteiger partial charge on any atom is -0.507 e. The number of phenolic OH excluding ortho intramolecular Hbond substituents is 1. The van der Waals surface area contributed by atoms with E-state index in [4.69, 9.17) is 10.5 Å². The Kier molecular flexibility index (Phi) is 6.02. The number of nitrogens with two attached hydrogens (primary N) is 1. The van der Waals surface area contributed by atoms with Crippen LogP contribution >= 0.6 is 0 Å². The van der Waals surface area contributed by atoms with Crippen LogP contribution in [-0.2, 0) is 6.61 Å². The SMILES string of the molecule is CCC(C)[C@@H](O)[C@@H](N)c1ccc(OCc2ccccc2)cc1O. The first kappa shape index (κ1) is 17.3. The fraction of sp³-hybridized carbons (Fsp3) is 0.368. The summed E-state index contributed by atoms with van der Waals surface area (Å²) in [6.45, 7) is 4.38. The molecule has 0 heterocycles. The minimum absolute atomic E-state index is 0.0467. The van der Waals surface area contributed by atoms with Gasteiger partial charge in [0.1, 0.15) is 18.1 Å². The summed E-state index contributed by atoms with van der Waals surface area (Å²) in [4.78, 5) is 0. The Labute approximate surface area is 137 Å². The van der Waals surface area contributed by atoms with Gasteiger partial charge in [0.2, 0.25) is 0 Å². The van der Waals surface area contributed by atoms with Gasteiger partial charge >= 0.3 is 0 Å². The smallest absolute Gasteiger partial charge is 0.124 e. The van der Waals surface area contributed by atoms with E-state index in [1.54, 1.807) is 18.2 Å². The van der Waals surface area contributed by atoms with Gasteiger partial charge in [-0.05, 0) is 23.6 Å². The normalized spacial score (nSPS) is 15.0. The molecule has 2 aromatic carbocycles. The molecule has 0 aliphatic rings. The summed E-state index contributed by atoms with van der Waals surface area (Å²) in [5, 5.41) is 20.4. The monoisotopic (exact) mass is 315 g/mol. The second-order valence-corrected chi connectivity index (χ2v) is 5.90.